The van der Waals surface area contributed by atoms with Gasteiger partial charge in [0.05, 0.1) is 22.4 Å². The summed E-state index contributed by atoms with van der Waals surface area (Å²) in [6.45, 7) is 3.85. The molecule has 1 fully saturated rings. The first kappa shape index (κ1) is 19.4. The van der Waals surface area contributed by atoms with Gasteiger partial charge in [0.25, 0.3) is 0 Å². The van der Waals surface area contributed by atoms with E-state index in [2.05, 4.69) is 15.3 Å². The van der Waals surface area contributed by atoms with Gasteiger partial charge in [0.2, 0.25) is 4.77 Å². The molecule has 0 aliphatic heterocycles. The lowest BCUT2D eigenvalue weighted by Gasteiger charge is -2.19. The van der Waals surface area contributed by atoms with Crippen LogP contribution in [0.4, 0.5) is 0 Å². The largest absolute Gasteiger partial charge is 0.488 e. The third kappa shape index (κ3) is 4.48. The molecule has 1 N–H and O–H groups in total. The van der Waals surface area contributed by atoms with Crippen molar-refractivity contribution in [3.8, 4) is 5.75 Å². The van der Waals surface area contributed by atoms with Gasteiger partial charge in [0, 0.05) is 5.92 Å². The molecule has 8 heteroatoms. The van der Waals surface area contributed by atoms with Gasteiger partial charge in [-0.1, -0.05) is 42.5 Å². The summed E-state index contributed by atoms with van der Waals surface area (Å²) in [6.07, 6.45) is 7.64. The Morgan fingerprint density at radius 1 is 1.27 bits per heavy atom. The lowest BCUT2D eigenvalue weighted by molar-refractivity contribution is 0.243. The summed E-state index contributed by atoms with van der Waals surface area (Å²) < 4.78 is 7.84. The SMILES string of the molecule is CC(C)Oc1c(Cl)cc(/C=N\n2c(C3CCCCC3)n[nH]c2=S)cc1Cl. The highest BCUT2D eigenvalue weighted by molar-refractivity contribution is 7.71. The van der Waals surface area contributed by atoms with Crippen molar-refractivity contribution in [2.45, 2.75) is 58.0 Å². The van der Waals surface area contributed by atoms with E-state index >= 15 is 0 Å². The molecule has 2 aromatic rings. The fraction of sp³-hybridized carbons (Fsp3) is 0.500. The molecule has 1 aliphatic rings. The van der Waals surface area contributed by atoms with Gasteiger partial charge < -0.3 is 4.74 Å². The fourth-order valence-corrected chi connectivity index (χ4v) is 3.95. The van der Waals surface area contributed by atoms with Gasteiger partial charge in [-0.05, 0) is 56.6 Å². The molecule has 26 heavy (non-hydrogen) atoms. The number of nitrogens with one attached hydrogen (secondary N) is 1. The summed E-state index contributed by atoms with van der Waals surface area (Å²) in [5.74, 6) is 1.77. The molecular formula is C18H22Cl2N4OS. The molecule has 1 saturated carbocycles. The Bertz CT molecular complexity index is 830. The van der Waals surface area contributed by atoms with E-state index in [9.17, 15) is 0 Å². The maximum absolute atomic E-state index is 6.31. The summed E-state index contributed by atoms with van der Waals surface area (Å²) in [6, 6.07) is 3.55. The molecule has 0 amide bonds. The number of benzene rings is 1. The summed E-state index contributed by atoms with van der Waals surface area (Å²) >= 11 is 17.9. The quantitative estimate of drug-likeness (QED) is 0.486. The van der Waals surface area contributed by atoms with Gasteiger partial charge in [-0.2, -0.15) is 14.9 Å². The third-order valence-corrected chi connectivity index (χ3v) is 5.17. The van der Waals surface area contributed by atoms with Crippen LogP contribution in [0.25, 0.3) is 0 Å². The van der Waals surface area contributed by atoms with E-state index in [1.165, 1.54) is 19.3 Å². The molecule has 0 spiro atoms. The molecule has 1 aromatic carbocycles. The highest BCUT2D eigenvalue weighted by Gasteiger charge is 2.21. The molecule has 0 bridgehead atoms. The van der Waals surface area contributed by atoms with Crippen molar-refractivity contribution in [1.82, 2.24) is 14.9 Å². The number of aromatic amines is 1. The number of aromatic nitrogens is 3. The van der Waals surface area contributed by atoms with E-state index < -0.39 is 0 Å². The van der Waals surface area contributed by atoms with Crippen molar-refractivity contribution in [3.05, 3.63) is 38.3 Å². The highest BCUT2D eigenvalue weighted by atomic mass is 35.5. The minimum absolute atomic E-state index is 0.00757. The number of rotatable bonds is 5. The second-order valence-electron chi connectivity index (χ2n) is 6.76. The lowest BCUT2D eigenvalue weighted by atomic mass is 9.89. The molecule has 140 valence electrons. The van der Waals surface area contributed by atoms with Crippen LogP contribution in [-0.2, 0) is 0 Å². The van der Waals surface area contributed by atoms with Crippen LogP contribution in [0, 0.1) is 4.77 Å². The first-order valence-electron chi connectivity index (χ1n) is 8.83. The number of hydrogen-bond donors (Lipinski definition) is 1. The van der Waals surface area contributed by atoms with Crippen LogP contribution >= 0.6 is 35.4 Å². The van der Waals surface area contributed by atoms with E-state index in [1.54, 1.807) is 23.0 Å². The average molecular weight is 413 g/mol. The normalized spacial score (nSPS) is 15.9. The Morgan fingerprint density at radius 2 is 1.92 bits per heavy atom. The predicted molar refractivity (Wildman–Crippen MR) is 108 cm³/mol. The van der Waals surface area contributed by atoms with E-state index in [-0.39, 0.29) is 6.10 Å². The number of halogens is 2. The molecule has 3 rings (SSSR count). The van der Waals surface area contributed by atoms with Crippen LogP contribution in [0.15, 0.2) is 17.2 Å². The zero-order valence-corrected chi connectivity index (χ0v) is 17.2. The summed E-state index contributed by atoms with van der Waals surface area (Å²) in [5, 5.41) is 12.7. The first-order chi connectivity index (χ1) is 12.5. The Balaban J connectivity index is 1.86. The first-order valence-corrected chi connectivity index (χ1v) is 9.99. The zero-order valence-electron chi connectivity index (χ0n) is 14.8. The minimum atomic E-state index is -0.00757. The molecular weight excluding hydrogens is 391 g/mol. The van der Waals surface area contributed by atoms with Gasteiger partial charge in [0.15, 0.2) is 11.6 Å². The number of H-pyrrole nitrogens is 1. The number of hydrogen-bond acceptors (Lipinski definition) is 4. The Kier molecular flexibility index (Phi) is 6.37. The molecule has 0 unspecified atom stereocenters. The van der Waals surface area contributed by atoms with Crippen LogP contribution in [0.3, 0.4) is 0 Å². The maximum atomic E-state index is 6.31. The highest BCUT2D eigenvalue weighted by Crippen LogP contribution is 2.35. The summed E-state index contributed by atoms with van der Waals surface area (Å²) in [7, 11) is 0. The van der Waals surface area contributed by atoms with Crippen molar-refractivity contribution in [1.29, 1.82) is 0 Å². The minimum Gasteiger partial charge on any atom is -0.488 e. The Hall–Kier alpha value is -1.37. The van der Waals surface area contributed by atoms with Crippen molar-refractivity contribution < 1.29 is 4.74 Å². The molecule has 1 heterocycles. The fourth-order valence-electron chi connectivity index (χ4n) is 3.17. The predicted octanol–water partition coefficient (Wildman–Crippen LogP) is 5.96. The second-order valence-corrected chi connectivity index (χ2v) is 7.96. The van der Waals surface area contributed by atoms with E-state index in [0.717, 1.165) is 24.2 Å². The van der Waals surface area contributed by atoms with Crippen molar-refractivity contribution in [3.63, 3.8) is 0 Å². The van der Waals surface area contributed by atoms with Gasteiger partial charge in [-0.25, -0.2) is 0 Å². The van der Waals surface area contributed by atoms with Gasteiger partial charge >= 0.3 is 0 Å². The molecule has 1 aliphatic carbocycles. The van der Waals surface area contributed by atoms with Crippen molar-refractivity contribution in [2.75, 3.05) is 0 Å². The third-order valence-electron chi connectivity index (χ3n) is 4.34. The van der Waals surface area contributed by atoms with E-state index in [1.807, 2.05) is 13.8 Å². The Morgan fingerprint density at radius 3 is 2.54 bits per heavy atom. The van der Waals surface area contributed by atoms with Gasteiger partial charge in [-0.15, -0.1) is 0 Å². The average Bonchev–Trinajstić information content (AvgIpc) is 2.97. The van der Waals surface area contributed by atoms with Crippen LogP contribution in [0.2, 0.25) is 10.0 Å². The number of ether oxygens (including phenoxy) is 1. The molecule has 0 radical (unpaired) electrons. The van der Waals surface area contributed by atoms with E-state index in [0.29, 0.717) is 26.5 Å². The smallest absolute Gasteiger partial charge is 0.216 e. The topological polar surface area (TPSA) is 55.2 Å². The molecule has 0 saturated heterocycles. The summed E-state index contributed by atoms with van der Waals surface area (Å²) in [4.78, 5) is 0. The zero-order chi connectivity index (χ0) is 18.7. The monoisotopic (exact) mass is 412 g/mol. The molecule has 0 atom stereocenters. The summed E-state index contributed by atoms with van der Waals surface area (Å²) in [5.41, 5.74) is 0.772. The van der Waals surface area contributed by atoms with E-state index in [4.69, 9.17) is 40.2 Å². The standard InChI is InChI=1S/C18H22Cl2N4OS/c1-11(2)25-16-14(19)8-12(9-15(16)20)10-21-24-17(22-23-18(24)26)13-6-4-3-5-7-13/h8-11,13H,3-7H2,1-2H3,(H,23,26)/b21-10-. The van der Waals surface area contributed by atoms with Gasteiger partial charge in [0.1, 0.15) is 0 Å². The second kappa shape index (κ2) is 8.55. The number of nitrogens with zero attached hydrogens (tertiary/aromatic N) is 3. The molecule has 1 aromatic heterocycles. The van der Waals surface area contributed by atoms with Crippen LogP contribution < -0.4 is 4.74 Å². The van der Waals surface area contributed by atoms with Gasteiger partial charge in [-0.3, -0.25) is 5.10 Å². The van der Waals surface area contributed by atoms with Crippen molar-refractivity contribution >= 4 is 41.6 Å². The van der Waals surface area contributed by atoms with Crippen molar-refractivity contribution in [2.24, 2.45) is 5.10 Å². The van der Waals surface area contributed by atoms with Crippen LogP contribution in [-0.4, -0.2) is 27.2 Å². The lowest BCUT2D eigenvalue weighted by Crippen LogP contribution is -2.10. The maximum Gasteiger partial charge on any atom is 0.216 e. The Labute approximate surface area is 168 Å². The molecule has 5 nitrogen and oxygen atoms in total. The van der Waals surface area contributed by atoms with Crippen LogP contribution in [0.1, 0.15) is 63.3 Å². The van der Waals surface area contributed by atoms with Crippen LogP contribution in [0.5, 0.6) is 5.75 Å².